The molecular weight excluding hydrogens is 597 g/mol. The van der Waals surface area contributed by atoms with E-state index in [0.717, 1.165) is 39.0 Å². The number of furan rings is 1. The average Bonchev–Trinajstić information content (AvgIpc) is 3.69. The number of hydrogen-bond acceptors (Lipinski definition) is 2. The van der Waals surface area contributed by atoms with Gasteiger partial charge in [0.05, 0.1) is 5.41 Å². The van der Waals surface area contributed by atoms with Gasteiger partial charge in [0.2, 0.25) is 0 Å². The fourth-order valence-corrected chi connectivity index (χ4v) is 8.81. The predicted octanol–water partition coefficient (Wildman–Crippen LogP) is 12.5. The molecular formula is C47H28O2. The summed E-state index contributed by atoms with van der Waals surface area (Å²) in [6.45, 7) is 0. The van der Waals surface area contributed by atoms with Crippen LogP contribution in [-0.2, 0) is 5.41 Å². The maximum atomic E-state index is 6.83. The molecule has 2 aliphatic rings. The van der Waals surface area contributed by atoms with Gasteiger partial charge in [-0.1, -0.05) is 146 Å². The number of hydrogen-bond donors (Lipinski definition) is 0. The van der Waals surface area contributed by atoms with Gasteiger partial charge >= 0.3 is 0 Å². The van der Waals surface area contributed by atoms with Crippen molar-refractivity contribution in [3.63, 3.8) is 0 Å². The summed E-state index contributed by atoms with van der Waals surface area (Å²) in [4.78, 5) is 0. The summed E-state index contributed by atoms with van der Waals surface area (Å²) in [5.41, 5.74) is 13.6. The van der Waals surface area contributed by atoms with Gasteiger partial charge in [0.25, 0.3) is 0 Å². The highest BCUT2D eigenvalue weighted by Gasteiger charge is 2.50. The maximum absolute atomic E-state index is 6.83. The number of fused-ring (bicyclic) bond motifs is 13. The third kappa shape index (κ3) is 3.50. The van der Waals surface area contributed by atoms with Gasteiger partial charge in [0.1, 0.15) is 22.7 Å². The van der Waals surface area contributed by atoms with Crippen LogP contribution in [0, 0.1) is 0 Å². The summed E-state index contributed by atoms with van der Waals surface area (Å²) in [7, 11) is 0. The molecule has 0 unspecified atom stereocenters. The van der Waals surface area contributed by atoms with Gasteiger partial charge in [-0.25, -0.2) is 0 Å². The van der Waals surface area contributed by atoms with Crippen molar-refractivity contribution in [3.05, 3.63) is 192 Å². The molecule has 0 radical (unpaired) electrons. The van der Waals surface area contributed by atoms with E-state index in [1.807, 2.05) is 12.1 Å². The van der Waals surface area contributed by atoms with E-state index in [-0.39, 0.29) is 0 Å². The number of rotatable bonds is 2. The standard InChI is InChI=1S/C47H28O2/c1-2-13-32-31(12-1)30(25-26-33(32)36-17-11-23-44-46(36)37-16-5-9-21-42(37)48-44)29-24-27-41-45(28-29)49-43-22-10-8-20-40(43)47(41)38-18-6-3-14-34(38)35-15-4-7-19-39(35)47/h1-28H. The molecule has 2 nitrogen and oxygen atoms in total. The quantitative estimate of drug-likeness (QED) is 0.191. The fraction of sp³-hybridized carbons (Fsp3) is 0.0213. The molecule has 1 aromatic heterocycles. The Morgan fingerprint density at radius 2 is 0.918 bits per heavy atom. The fourth-order valence-electron chi connectivity index (χ4n) is 8.81. The van der Waals surface area contributed by atoms with Crippen molar-refractivity contribution in [2.45, 2.75) is 5.41 Å². The summed E-state index contributed by atoms with van der Waals surface area (Å²) in [6.07, 6.45) is 0. The van der Waals surface area contributed by atoms with Gasteiger partial charge in [0.15, 0.2) is 0 Å². The number of para-hydroxylation sites is 2. The van der Waals surface area contributed by atoms with E-state index in [4.69, 9.17) is 9.15 Å². The second-order valence-corrected chi connectivity index (χ2v) is 13.1. The summed E-state index contributed by atoms with van der Waals surface area (Å²) in [5.74, 6) is 1.80. The molecule has 8 aromatic carbocycles. The summed E-state index contributed by atoms with van der Waals surface area (Å²) >= 11 is 0. The molecule has 1 spiro atoms. The zero-order valence-corrected chi connectivity index (χ0v) is 26.5. The van der Waals surface area contributed by atoms with Crippen LogP contribution in [0.4, 0.5) is 0 Å². The lowest BCUT2D eigenvalue weighted by atomic mass is 9.66. The topological polar surface area (TPSA) is 22.4 Å². The summed E-state index contributed by atoms with van der Waals surface area (Å²) in [6, 6.07) is 61.1. The van der Waals surface area contributed by atoms with Crippen LogP contribution in [0.25, 0.3) is 66.1 Å². The van der Waals surface area contributed by atoms with Gasteiger partial charge in [-0.2, -0.15) is 0 Å². The Morgan fingerprint density at radius 3 is 1.71 bits per heavy atom. The summed E-state index contributed by atoms with van der Waals surface area (Å²) in [5, 5.41) is 4.70. The van der Waals surface area contributed by atoms with Crippen molar-refractivity contribution in [1.82, 2.24) is 0 Å². The Morgan fingerprint density at radius 1 is 0.347 bits per heavy atom. The van der Waals surface area contributed by atoms with Crippen LogP contribution in [0.2, 0.25) is 0 Å². The van der Waals surface area contributed by atoms with Gasteiger partial charge < -0.3 is 9.15 Å². The van der Waals surface area contributed by atoms with Crippen LogP contribution < -0.4 is 4.74 Å². The molecule has 0 saturated heterocycles. The molecule has 0 bridgehead atoms. The van der Waals surface area contributed by atoms with Gasteiger partial charge in [-0.05, 0) is 79.5 Å². The zero-order chi connectivity index (χ0) is 32.1. The van der Waals surface area contributed by atoms with Crippen molar-refractivity contribution in [1.29, 1.82) is 0 Å². The minimum absolute atomic E-state index is 0.464. The van der Waals surface area contributed by atoms with E-state index in [9.17, 15) is 0 Å². The normalized spacial score (nSPS) is 13.6. The lowest BCUT2D eigenvalue weighted by Gasteiger charge is -2.39. The van der Waals surface area contributed by atoms with Crippen molar-refractivity contribution < 1.29 is 9.15 Å². The smallest absolute Gasteiger partial charge is 0.136 e. The van der Waals surface area contributed by atoms with Crippen molar-refractivity contribution >= 4 is 32.7 Å². The molecule has 0 saturated carbocycles. The first-order valence-electron chi connectivity index (χ1n) is 16.8. The van der Waals surface area contributed by atoms with Crippen LogP contribution in [0.15, 0.2) is 174 Å². The molecule has 2 heterocycles. The van der Waals surface area contributed by atoms with Gasteiger partial charge in [-0.3, -0.25) is 0 Å². The van der Waals surface area contributed by atoms with Crippen molar-refractivity contribution in [2.24, 2.45) is 0 Å². The first-order valence-corrected chi connectivity index (χ1v) is 16.8. The van der Waals surface area contributed by atoms with Gasteiger partial charge in [0, 0.05) is 21.9 Å². The molecule has 49 heavy (non-hydrogen) atoms. The van der Waals surface area contributed by atoms with Crippen LogP contribution in [0.3, 0.4) is 0 Å². The van der Waals surface area contributed by atoms with E-state index in [1.165, 1.54) is 60.8 Å². The minimum atomic E-state index is -0.464. The lowest BCUT2D eigenvalue weighted by molar-refractivity contribution is 0.436. The lowest BCUT2D eigenvalue weighted by Crippen LogP contribution is -2.32. The third-order valence-electron chi connectivity index (χ3n) is 10.8. The van der Waals surface area contributed by atoms with E-state index in [1.54, 1.807) is 0 Å². The Bertz CT molecular complexity index is 2770. The van der Waals surface area contributed by atoms with Gasteiger partial charge in [-0.15, -0.1) is 0 Å². The minimum Gasteiger partial charge on any atom is -0.457 e. The Labute approximate surface area is 283 Å². The third-order valence-corrected chi connectivity index (χ3v) is 10.8. The van der Waals surface area contributed by atoms with Crippen LogP contribution in [0.5, 0.6) is 11.5 Å². The second-order valence-electron chi connectivity index (χ2n) is 13.1. The zero-order valence-electron chi connectivity index (χ0n) is 26.5. The highest BCUT2D eigenvalue weighted by Crippen LogP contribution is 2.62. The van der Waals surface area contributed by atoms with E-state index < -0.39 is 5.41 Å². The van der Waals surface area contributed by atoms with Crippen LogP contribution >= 0.6 is 0 Å². The van der Waals surface area contributed by atoms with Crippen LogP contribution in [0.1, 0.15) is 22.3 Å². The first kappa shape index (κ1) is 26.7. The number of ether oxygens (including phenoxy) is 1. The van der Waals surface area contributed by atoms with E-state index in [2.05, 4.69) is 158 Å². The highest BCUT2D eigenvalue weighted by atomic mass is 16.5. The average molecular weight is 625 g/mol. The van der Waals surface area contributed by atoms with Crippen molar-refractivity contribution in [2.75, 3.05) is 0 Å². The Kier molecular flexibility index (Phi) is 5.34. The molecule has 0 amide bonds. The predicted molar refractivity (Wildman–Crippen MR) is 199 cm³/mol. The first-order chi connectivity index (χ1) is 24.3. The molecule has 9 aromatic rings. The maximum Gasteiger partial charge on any atom is 0.136 e. The molecule has 2 heteroatoms. The molecule has 1 aliphatic heterocycles. The molecule has 0 fully saturated rings. The monoisotopic (exact) mass is 624 g/mol. The van der Waals surface area contributed by atoms with Crippen molar-refractivity contribution in [3.8, 4) is 44.9 Å². The Balaban J connectivity index is 1.14. The SMILES string of the molecule is c1ccc2c(c1)Oc1cc(-c3ccc(-c4cccc5oc6ccccc6c45)c4ccccc34)ccc1C21c2ccccc2-c2ccccc21. The highest BCUT2D eigenvalue weighted by molar-refractivity contribution is 6.16. The molecule has 228 valence electrons. The second kappa shape index (κ2) is 9.82. The molecule has 0 atom stereocenters. The largest absolute Gasteiger partial charge is 0.457 e. The van der Waals surface area contributed by atoms with Crippen LogP contribution in [-0.4, -0.2) is 0 Å². The number of benzene rings is 8. The van der Waals surface area contributed by atoms with E-state index >= 15 is 0 Å². The Hall–Kier alpha value is -6.38. The molecule has 0 N–H and O–H groups in total. The van der Waals surface area contributed by atoms with E-state index in [0.29, 0.717) is 0 Å². The summed E-state index contributed by atoms with van der Waals surface area (Å²) < 4.78 is 13.1. The molecule has 1 aliphatic carbocycles. The molecule has 11 rings (SSSR count).